The Morgan fingerprint density at radius 3 is 2.94 bits per heavy atom. The summed E-state index contributed by atoms with van der Waals surface area (Å²) in [5, 5.41) is 0. The van der Waals surface area contributed by atoms with Crippen molar-refractivity contribution in [3.05, 3.63) is 24.0 Å². The van der Waals surface area contributed by atoms with E-state index >= 15 is 0 Å². The smallest absolute Gasteiger partial charge is 0.256 e. The molecule has 0 aliphatic carbocycles. The van der Waals surface area contributed by atoms with Crippen molar-refractivity contribution in [2.75, 3.05) is 32.4 Å². The number of nitrogens with two attached hydrogens (primary N) is 1. The standard InChI is InChI=1S/C12H18N4O/c1-9-8-15(2)5-6-16(9)12(17)10-3-4-14-7-11(10)13/h3-4,7,9H,5-6,8,13H2,1-2H3. The van der Waals surface area contributed by atoms with Crippen molar-refractivity contribution in [1.29, 1.82) is 0 Å². The molecule has 2 rings (SSSR count). The van der Waals surface area contributed by atoms with E-state index in [4.69, 9.17) is 5.73 Å². The molecule has 5 nitrogen and oxygen atoms in total. The first kappa shape index (κ1) is 11.9. The third kappa shape index (κ3) is 2.39. The maximum atomic E-state index is 12.3. The van der Waals surface area contributed by atoms with Crippen LogP contribution in [-0.4, -0.2) is 53.4 Å². The molecule has 1 fully saturated rings. The molecule has 17 heavy (non-hydrogen) atoms. The van der Waals surface area contributed by atoms with Crippen LogP contribution in [0.25, 0.3) is 0 Å². The average molecular weight is 234 g/mol. The van der Waals surface area contributed by atoms with Crippen LogP contribution >= 0.6 is 0 Å². The number of pyridine rings is 1. The molecule has 1 unspecified atom stereocenters. The van der Waals surface area contributed by atoms with Gasteiger partial charge in [-0.1, -0.05) is 0 Å². The van der Waals surface area contributed by atoms with Crippen LogP contribution in [0.4, 0.5) is 5.69 Å². The summed E-state index contributed by atoms with van der Waals surface area (Å²) >= 11 is 0. The lowest BCUT2D eigenvalue weighted by atomic mass is 10.1. The molecule has 1 aromatic heterocycles. The number of hydrogen-bond acceptors (Lipinski definition) is 4. The topological polar surface area (TPSA) is 62.5 Å². The summed E-state index contributed by atoms with van der Waals surface area (Å²) in [6.07, 6.45) is 3.12. The summed E-state index contributed by atoms with van der Waals surface area (Å²) in [5.74, 6) is 0.00509. The number of piperazine rings is 1. The number of anilines is 1. The maximum absolute atomic E-state index is 12.3. The summed E-state index contributed by atoms with van der Waals surface area (Å²) in [7, 11) is 2.07. The summed E-state index contributed by atoms with van der Waals surface area (Å²) in [6, 6.07) is 1.90. The summed E-state index contributed by atoms with van der Waals surface area (Å²) in [6.45, 7) is 4.61. The Kier molecular flexibility index (Phi) is 3.28. The molecule has 92 valence electrons. The van der Waals surface area contributed by atoms with Crippen molar-refractivity contribution < 1.29 is 4.79 Å². The highest BCUT2D eigenvalue weighted by atomic mass is 16.2. The van der Waals surface area contributed by atoms with E-state index in [0.29, 0.717) is 11.3 Å². The van der Waals surface area contributed by atoms with Crippen LogP contribution in [0.2, 0.25) is 0 Å². The van der Waals surface area contributed by atoms with Crippen LogP contribution in [0.3, 0.4) is 0 Å². The molecule has 2 heterocycles. The maximum Gasteiger partial charge on any atom is 0.256 e. The number of aromatic nitrogens is 1. The lowest BCUT2D eigenvalue weighted by Crippen LogP contribution is -2.52. The van der Waals surface area contributed by atoms with Crippen molar-refractivity contribution in [3.8, 4) is 0 Å². The van der Waals surface area contributed by atoms with Gasteiger partial charge in [-0.15, -0.1) is 0 Å². The van der Waals surface area contributed by atoms with Gasteiger partial charge in [0.2, 0.25) is 0 Å². The zero-order chi connectivity index (χ0) is 12.4. The van der Waals surface area contributed by atoms with Crippen LogP contribution < -0.4 is 5.73 Å². The first-order valence-corrected chi connectivity index (χ1v) is 5.78. The van der Waals surface area contributed by atoms with Crippen LogP contribution in [0.5, 0.6) is 0 Å². The minimum Gasteiger partial charge on any atom is -0.397 e. The predicted molar refractivity (Wildman–Crippen MR) is 66.6 cm³/mol. The van der Waals surface area contributed by atoms with Crippen molar-refractivity contribution in [2.45, 2.75) is 13.0 Å². The molecule has 5 heteroatoms. The van der Waals surface area contributed by atoms with Crippen LogP contribution in [0.15, 0.2) is 18.5 Å². The number of carbonyl (C=O) groups is 1. The Morgan fingerprint density at radius 1 is 1.53 bits per heavy atom. The van der Waals surface area contributed by atoms with Crippen LogP contribution in [0, 0.1) is 0 Å². The Morgan fingerprint density at radius 2 is 2.29 bits per heavy atom. The monoisotopic (exact) mass is 234 g/mol. The molecule has 0 radical (unpaired) electrons. The molecule has 1 atom stereocenters. The van der Waals surface area contributed by atoms with Gasteiger partial charge in [-0.2, -0.15) is 0 Å². The Hall–Kier alpha value is -1.62. The number of likely N-dealkylation sites (N-methyl/N-ethyl adjacent to an activating group) is 1. The number of nitrogen functional groups attached to an aromatic ring is 1. The Bertz CT molecular complexity index is 421. The normalized spacial score (nSPS) is 21.5. The lowest BCUT2D eigenvalue weighted by molar-refractivity contribution is 0.0534. The van der Waals surface area contributed by atoms with Gasteiger partial charge < -0.3 is 15.5 Å². The van der Waals surface area contributed by atoms with Gasteiger partial charge in [0.05, 0.1) is 17.4 Å². The zero-order valence-corrected chi connectivity index (χ0v) is 10.3. The van der Waals surface area contributed by atoms with E-state index in [-0.39, 0.29) is 11.9 Å². The Balaban J connectivity index is 2.18. The number of carbonyl (C=O) groups excluding carboxylic acids is 1. The minimum absolute atomic E-state index is 0.00509. The van der Waals surface area contributed by atoms with Gasteiger partial charge in [0, 0.05) is 31.9 Å². The molecule has 1 saturated heterocycles. The molecule has 0 aromatic carbocycles. The average Bonchev–Trinajstić information content (AvgIpc) is 2.29. The highest BCUT2D eigenvalue weighted by molar-refractivity contribution is 5.99. The highest BCUT2D eigenvalue weighted by Crippen LogP contribution is 2.16. The fraction of sp³-hybridized carbons (Fsp3) is 0.500. The molecule has 0 saturated carbocycles. The molecular formula is C12H18N4O. The van der Waals surface area contributed by atoms with Gasteiger partial charge in [-0.25, -0.2) is 0 Å². The largest absolute Gasteiger partial charge is 0.397 e. The second-order valence-electron chi connectivity index (χ2n) is 4.57. The quantitative estimate of drug-likeness (QED) is 0.766. The van der Waals surface area contributed by atoms with E-state index < -0.39 is 0 Å². The lowest BCUT2D eigenvalue weighted by Gasteiger charge is -2.38. The number of rotatable bonds is 1. The molecule has 1 aromatic rings. The van der Waals surface area contributed by atoms with Crippen LogP contribution in [0.1, 0.15) is 17.3 Å². The van der Waals surface area contributed by atoms with E-state index in [2.05, 4.69) is 23.9 Å². The van der Waals surface area contributed by atoms with Crippen LogP contribution in [-0.2, 0) is 0 Å². The summed E-state index contributed by atoms with van der Waals surface area (Å²) in [4.78, 5) is 20.3. The van der Waals surface area contributed by atoms with Crippen molar-refractivity contribution in [1.82, 2.24) is 14.8 Å². The molecule has 1 aliphatic heterocycles. The van der Waals surface area contributed by atoms with Gasteiger partial charge in [-0.05, 0) is 20.0 Å². The predicted octanol–water partition coefficient (Wildman–Crippen LogP) is 0.440. The molecule has 2 N–H and O–H groups in total. The first-order chi connectivity index (χ1) is 8.09. The van der Waals surface area contributed by atoms with E-state index in [0.717, 1.165) is 19.6 Å². The van der Waals surface area contributed by atoms with Gasteiger partial charge in [-0.3, -0.25) is 9.78 Å². The third-order valence-electron chi connectivity index (χ3n) is 3.17. The highest BCUT2D eigenvalue weighted by Gasteiger charge is 2.27. The molecular weight excluding hydrogens is 216 g/mol. The number of amides is 1. The van der Waals surface area contributed by atoms with Crippen molar-refractivity contribution in [2.24, 2.45) is 0 Å². The summed E-state index contributed by atoms with van der Waals surface area (Å²) in [5.41, 5.74) is 6.78. The van der Waals surface area contributed by atoms with Gasteiger partial charge in [0.15, 0.2) is 0 Å². The van der Waals surface area contributed by atoms with E-state index in [9.17, 15) is 4.79 Å². The van der Waals surface area contributed by atoms with E-state index in [1.54, 1.807) is 12.3 Å². The second-order valence-corrected chi connectivity index (χ2v) is 4.57. The van der Waals surface area contributed by atoms with Gasteiger partial charge in [0.1, 0.15) is 0 Å². The molecule has 1 amide bonds. The van der Waals surface area contributed by atoms with E-state index in [1.807, 2.05) is 4.90 Å². The first-order valence-electron chi connectivity index (χ1n) is 5.78. The van der Waals surface area contributed by atoms with E-state index in [1.165, 1.54) is 6.20 Å². The van der Waals surface area contributed by atoms with Gasteiger partial charge >= 0.3 is 0 Å². The SMILES string of the molecule is CC1CN(C)CCN1C(=O)c1ccncc1N. The molecule has 0 bridgehead atoms. The van der Waals surface area contributed by atoms with Gasteiger partial charge in [0.25, 0.3) is 5.91 Å². The van der Waals surface area contributed by atoms with Crippen molar-refractivity contribution in [3.63, 3.8) is 0 Å². The fourth-order valence-corrected chi connectivity index (χ4v) is 2.20. The zero-order valence-electron chi connectivity index (χ0n) is 10.3. The molecule has 1 aliphatic rings. The Labute approximate surface area is 101 Å². The third-order valence-corrected chi connectivity index (χ3v) is 3.17. The fourth-order valence-electron chi connectivity index (χ4n) is 2.20. The molecule has 0 spiro atoms. The minimum atomic E-state index is 0.00509. The number of nitrogens with zero attached hydrogens (tertiary/aromatic N) is 3. The summed E-state index contributed by atoms with van der Waals surface area (Å²) < 4.78 is 0. The number of hydrogen-bond donors (Lipinski definition) is 1. The van der Waals surface area contributed by atoms with Crippen molar-refractivity contribution >= 4 is 11.6 Å². The second kappa shape index (κ2) is 4.71.